The van der Waals surface area contributed by atoms with Crippen LogP contribution < -0.4 is 5.32 Å². The minimum atomic E-state index is 0.0939. The molecule has 0 aliphatic carbocycles. The van der Waals surface area contributed by atoms with Gasteiger partial charge in [-0.15, -0.1) is 0 Å². The summed E-state index contributed by atoms with van der Waals surface area (Å²) >= 11 is 0. The molecular formula is C14H27NO2. The van der Waals surface area contributed by atoms with Gasteiger partial charge in [-0.2, -0.15) is 0 Å². The molecule has 1 atom stereocenters. The van der Waals surface area contributed by atoms with E-state index in [1.807, 2.05) is 0 Å². The third-order valence-corrected chi connectivity index (χ3v) is 4.32. The zero-order chi connectivity index (χ0) is 12.4. The highest BCUT2D eigenvalue weighted by atomic mass is 16.5. The molecule has 2 fully saturated rings. The summed E-state index contributed by atoms with van der Waals surface area (Å²) in [6.07, 6.45) is 6.42. The lowest BCUT2D eigenvalue weighted by Gasteiger charge is -2.39. The Morgan fingerprint density at radius 1 is 1.18 bits per heavy atom. The SMILES string of the molecule is CNCC1(CC2CCC(C)(C)O2)CCOCC1. The Morgan fingerprint density at radius 3 is 2.41 bits per heavy atom. The first-order valence-corrected chi connectivity index (χ1v) is 6.95. The van der Waals surface area contributed by atoms with Crippen molar-refractivity contribution >= 4 is 0 Å². The van der Waals surface area contributed by atoms with Gasteiger partial charge in [0, 0.05) is 19.8 Å². The van der Waals surface area contributed by atoms with Gasteiger partial charge in [0.05, 0.1) is 11.7 Å². The van der Waals surface area contributed by atoms with E-state index in [0.29, 0.717) is 11.5 Å². The summed E-state index contributed by atoms with van der Waals surface area (Å²) in [4.78, 5) is 0. The summed E-state index contributed by atoms with van der Waals surface area (Å²) < 4.78 is 11.7. The number of ether oxygens (including phenoxy) is 2. The van der Waals surface area contributed by atoms with E-state index in [2.05, 4.69) is 26.2 Å². The van der Waals surface area contributed by atoms with Crippen LogP contribution in [-0.4, -0.2) is 38.5 Å². The Balaban J connectivity index is 1.93. The molecule has 0 aromatic heterocycles. The highest BCUT2D eigenvalue weighted by molar-refractivity contribution is 4.90. The smallest absolute Gasteiger partial charge is 0.0631 e. The van der Waals surface area contributed by atoms with Crippen molar-refractivity contribution in [2.75, 3.05) is 26.8 Å². The zero-order valence-corrected chi connectivity index (χ0v) is 11.6. The molecule has 0 radical (unpaired) electrons. The van der Waals surface area contributed by atoms with Crippen molar-refractivity contribution in [2.45, 2.75) is 57.7 Å². The van der Waals surface area contributed by atoms with Crippen molar-refractivity contribution < 1.29 is 9.47 Å². The van der Waals surface area contributed by atoms with Gasteiger partial charge in [-0.25, -0.2) is 0 Å². The predicted octanol–water partition coefficient (Wildman–Crippen LogP) is 2.35. The fraction of sp³-hybridized carbons (Fsp3) is 1.00. The van der Waals surface area contributed by atoms with Crippen LogP contribution in [-0.2, 0) is 9.47 Å². The summed E-state index contributed by atoms with van der Waals surface area (Å²) in [5, 5.41) is 3.36. The van der Waals surface area contributed by atoms with E-state index in [4.69, 9.17) is 9.47 Å². The van der Waals surface area contributed by atoms with Gasteiger partial charge in [0.25, 0.3) is 0 Å². The normalized spacial score (nSPS) is 31.6. The molecule has 1 N–H and O–H groups in total. The number of nitrogens with one attached hydrogen (secondary N) is 1. The van der Waals surface area contributed by atoms with Gasteiger partial charge >= 0.3 is 0 Å². The lowest BCUT2D eigenvalue weighted by molar-refractivity contribution is -0.0579. The summed E-state index contributed by atoms with van der Waals surface area (Å²) in [6, 6.07) is 0. The number of rotatable bonds is 4. The second-order valence-corrected chi connectivity index (χ2v) is 6.39. The summed E-state index contributed by atoms with van der Waals surface area (Å²) in [7, 11) is 2.05. The van der Waals surface area contributed by atoms with Crippen LogP contribution in [0.3, 0.4) is 0 Å². The minimum absolute atomic E-state index is 0.0939. The molecule has 0 bridgehead atoms. The molecular weight excluding hydrogens is 214 g/mol. The van der Waals surface area contributed by atoms with Crippen molar-refractivity contribution in [3.8, 4) is 0 Å². The van der Waals surface area contributed by atoms with Crippen LogP contribution in [0.5, 0.6) is 0 Å². The van der Waals surface area contributed by atoms with Crippen LogP contribution in [0.2, 0.25) is 0 Å². The maximum absolute atomic E-state index is 6.15. The van der Waals surface area contributed by atoms with Crippen molar-refractivity contribution in [1.29, 1.82) is 0 Å². The molecule has 3 heteroatoms. The van der Waals surface area contributed by atoms with Crippen molar-refractivity contribution in [3.05, 3.63) is 0 Å². The Morgan fingerprint density at radius 2 is 1.88 bits per heavy atom. The molecule has 2 aliphatic rings. The quantitative estimate of drug-likeness (QED) is 0.819. The number of hydrogen-bond donors (Lipinski definition) is 1. The van der Waals surface area contributed by atoms with Gasteiger partial charge in [-0.05, 0) is 58.4 Å². The summed E-state index contributed by atoms with van der Waals surface area (Å²) in [6.45, 7) is 7.34. The molecule has 100 valence electrons. The molecule has 2 rings (SSSR count). The molecule has 0 aromatic rings. The van der Waals surface area contributed by atoms with E-state index in [0.717, 1.165) is 19.8 Å². The Labute approximate surface area is 105 Å². The van der Waals surface area contributed by atoms with Crippen LogP contribution in [0.4, 0.5) is 0 Å². The average Bonchev–Trinajstić information content (AvgIpc) is 2.59. The van der Waals surface area contributed by atoms with Gasteiger partial charge < -0.3 is 14.8 Å². The van der Waals surface area contributed by atoms with E-state index in [1.54, 1.807) is 0 Å². The van der Waals surface area contributed by atoms with Gasteiger partial charge in [0.15, 0.2) is 0 Å². The van der Waals surface area contributed by atoms with E-state index in [9.17, 15) is 0 Å². The van der Waals surface area contributed by atoms with Crippen LogP contribution in [0.1, 0.15) is 46.0 Å². The lowest BCUT2D eigenvalue weighted by atomic mass is 9.75. The standard InChI is InChI=1S/C14H27NO2/c1-13(2)5-4-12(17-13)10-14(11-15-3)6-8-16-9-7-14/h12,15H,4-11H2,1-3H3. The molecule has 0 saturated carbocycles. The fourth-order valence-electron chi connectivity index (χ4n) is 3.34. The maximum Gasteiger partial charge on any atom is 0.0631 e. The van der Waals surface area contributed by atoms with Gasteiger partial charge in [-0.1, -0.05) is 0 Å². The average molecular weight is 241 g/mol. The molecule has 2 saturated heterocycles. The Kier molecular flexibility index (Phi) is 4.11. The van der Waals surface area contributed by atoms with E-state index >= 15 is 0 Å². The summed E-state index contributed by atoms with van der Waals surface area (Å²) in [5.74, 6) is 0. The van der Waals surface area contributed by atoms with Crippen LogP contribution in [0.25, 0.3) is 0 Å². The maximum atomic E-state index is 6.15. The van der Waals surface area contributed by atoms with Crippen LogP contribution >= 0.6 is 0 Å². The lowest BCUT2D eigenvalue weighted by Crippen LogP contribution is -2.40. The van der Waals surface area contributed by atoms with Crippen molar-refractivity contribution in [3.63, 3.8) is 0 Å². The molecule has 0 spiro atoms. The van der Waals surface area contributed by atoms with E-state index in [-0.39, 0.29) is 5.60 Å². The van der Waals surface area contributed by atoms with Gasteiger partial charge in [0.1, 0.15) is 0 Å². The van der Waals surface area contributed by atoms with Crippen molar-refractivity contribution in [2.24, 2.45) is 5.41 Å². The van der Waals surface area contributed by atoms with Gasteiger partial charge in [0.2, 0.25) is 0 Å². The predicted molar refractivity (Wildman–Crippen MR) is 69.2 cm³/mol. The van der Waals surface area contributed by atoms with E-state index in [1.165, 1.54) is 32.1 Å². The van der Waals surface area contributed by atoms with Crippen LogP contribution in [0, 0.1) is 5.41 Å². The fourth-order valence-corrected chi connectivity index (χ4v) is 3.34. The highest BCUT2D eigenvalue weighted by Gasteiger charge is 2.39. The highest BCUT2D eigenvalue weighted by Crippen LogP contribution is 2.40. The minimum Gasteiger partial charge on any atom is -0.381 e. The molecule has 2 heterocycles. The molecule has 3 nitrogen and oxygen atoms in total. The largest absolute Gasteiger partial charge is 0.381 e. The van der Waals surface area contributed by atoms with Gasteiger partial charge in [-0.3, -0.25) is 0 Å². The molecule has 17 heavy (non-hydrogen) atoms. The van der Waals surface area contributed by atoms with Crippen molar-refractivity contribution in [1.82, 2.24) is 5.32 Å². The third-order valence-electron chi connectivity index (χ3n) is 4.32. The Hall–Kier alpha value is -0.120. The zero-order valence-electron chi connectivity index (χ0n) is 11.6. The molecule has 0 aromatic carbocycles. The second-order valence-electron chi connectivity index (χ2n) is 6.39. The topological polar surface area (TPSA) is 30.5 Å². The first-order valence-electron chi connectivity index (χ1n) is 6.95. The number of hydrogen-bond acceptors (Lipinski definition) is 3. The summed E-state index contributed by atoms with van der Waals surface area (Å²) in [5.41, 5.74) is 0.495. The molecule has 1 unspecified atom stereocenters. The molecule has 2 aliphatic heterocycles. The van der Waals surface area contributed by atoms with E-state index < -0.39 is 0 Å². The molecule has 0 amide bonds. The first kappa shape index (κ1) is 13.3. The first-order chi connectivity index (χ1) is 8.05. The second kappa shape index (κ2) is 5.25. The Bertz CT molecular complexity index is 241. The van der Waals surface area contributed by atoms with Crippen LogP contribution in [0.15, 0.2) is 0 Å². The monoisotopic (exact) mass is 241 g/mol. The third kappa shape index (κ3) is 3.43.